The van der Waals surface area contributed by atoms with Crippen LogP contribution in [0.2, 0.25) is 0 Å². The Labute approximate surface area is 107 Å². The summed E-state index contributed by atoms with van der Waals surface area (Å²) in [5, 5.41) is 0. The lowest BCUT2D eigenvalue weighted by Gasteiger charge is -2.31. The van der Waals surface area contributed by atoms with Crippen molar-refractivity contribution in [3.63, 3.8) is 0 Å². The summed E-state index contributed by atoms with van der Waals surface area (Å²) in [6, 6.07) is 8.70. The summed E-state index contributed by atoms with van der Waals surface area (Å²) in [5.74, 6) is 0.973. The average molecular weight is 282 g/mol. The molecule has 0 radical (unpaired) electrons. The molecule has 1 aliphatic rings. The van der Waals surface area contributed by atoms with Crippen molar-refractivity contribution >= 4 is 15.9 Å². The zero-order valence-electron chi connectivity index (χ0n) is 9.95. The zero-order chi connectivity index (χ0) is 11.4. The quantitative estimate of drug-likeness (QED) is 0.807. The van der Waals surface area contributed by atoms with Gasteiger partial charge in [-0.05, 0) is 49.5 Å². The molecule has 1 nitrogen and oxygen atoms in total. The molecule has 2 rings (SSSR count). The Morgan fingerprint density at radius 1 is 1.19 bits per heavy atom. The Balaban J connectivity index is 1.84. The predicted octanol–water partition coefficient (Wildman–Crippen LogP) is 4.07. The van der Waals surface area contributed by atoms with Crippen LogP contribution in [0.25, 0.3) is 0 Å². The van der Waals surface area contributed by atoms with Gasteiger partial charge in [0.25, 0.3) is 0 Å². The number of likely N-dealkylation sites (tertiary alicyclic amines) is 1. The largest absolute Gasteiger partial charge is 0.299 e. The first-order valence-electron chi connectivity index (χ1n) is 6.24. The van der Waals surface area contributed by atoms with E-state index in [1.165, 1.54) is 42.4 Å². The van der Waals surface area contributed by atoms with Crippen molar-refractivity contribution in [3.8, 4) is 0 Å². The van der Waals surface area contributed by atoms with Gasteiger partial charge in [-0.2, -0.15) is 0 Å². The van der Waals surface area contributed by atoms with E-state index in [0.717, 1.165) is 12.5 Å². The fourth-order valence-electron chi connectivity index (χ4n) is 2.40. The lowest BCUT2D eigenvalue weighted by atomic mass is 9.94. The van der Waals surface area contributed by atoms with E-state index in [9.17, 15) is 0 Å². The molecule has 1 heterocycles. The normalized spacial score (nSPS) is 18.9. The molecule has 0 spiro atoms. The van der Waals surface area contributed by atoms with Gasteiger partial charge in [-0.1, -0.05) is 41.4 Å². The van der Waals surface area contributed by atoms with Gasteiger partial charge in [0.15, 0.2) is 0 Å². The summed E-state index contributed by atoms with van der Waals surface area (Å²) in [7, 11) is 0. The number of rotatable bonds is 3. The highest BCUT2D eigenvalue weighted by atomic mass is 79.9. The molecule has 1 aliphatic heterocycles. The van der Waals surface area contributed by atoms with Crippen LogP contribution in [0.3, 0.4) is 0 Å². The maximum Gasteiger partial charge on any atom is 0.0233 e. The number of benzene rings is 1. The molecule has 0 aromatic heterocycles. The second-order valence-corrected chi connectivity index (χ2v) is 5.67. The molecule has 0 amide bonds. The van der Waals surface area contributed by atoms with Crippen LogP contribution >= 0.6 is 15.9 Å². The summed E-state index contributed by atoms with van der Waals surface area (Å²) in [6.45, 7) is 5.97. The van der Waals surface area contributed by atoms with E-state index in [2.05, 4.69) is 52.0 Å². The smallest absolute Gasteiger partial charge is 0.0233 e. The first-order chi connectivity index (χ1) is 7.78. The Kier molecular flexibility index (Phi) is 4.42. The number of piperidine rings is 1. The summed E-state index contributed by atoms with van der Waals surface area (Å²) < 4.78 is 1.17. The predicted molar refractivity (Wildman–Crippen MR) is 72.4 cm³/mol. The van der Waals surface area contributed by atoms with E-state index in [0.29, 0.717) is 0 Å². The molecule has 0 atom stereocenters. The molecule has 0 bridgehead atoms. The highest BCUT2D eigenvalue weighted by Gasteiger charge is 2.17. The number of halogens is 1. The van der Waals surface area contributed by atoms with Crippen molar-refractivity contribution in [1.29, 1.82) is 0 Å². The van der Waals surface area contributed by atoms with Crippen LogP contribution in [0.4, 0.5) is 0 Å². The van der Waals surface area contributed by atoms with E-state index < -0.39 is 0 Å². The monoisotopic (exact) mass is 281 g/mol. The third-order valence-electron chi connectivity index (χ3n) is 3.60. The van der Waals surface area contributed by atoms with Crippen LogP contribution < -0.4 is 0 Å². The highest BCUT2D eigenvalue weighted by molar-refractivity contribution is 9.10. The second kappa shape index (κ2) is 5.83. The maximum absolute atomic E-state index is 3.47. The standard InChI is InChI=1S/C14H20BrN/c1-2-12-7-9-16(10-8-12)11-13-3-5-14(15)6-4-13/h3-6,12H,2,7-11H2,1H3. The van der Waals surface area contributed by atoms with Gasteiger partial charge in [-0.3, -0.25) is 4.90 Å². The lowest BCUT2D eigenvalue weighted by molar-refractivity contribution is 0.175. The van der Waals surface area contributed by atoms with Gasteiger partial charge in [0.1, 0.15) is 0 Å². The SMILES string of the molecule is CCC1CCN(Cc2ccc(Br)cc2)CC1. The molecule has 1 fully saturated rings. The van der Waals surface area contributed by atoms with Crippen molar-refractivity contribution in [2.75, 3.05) is 13.1 Å². The molecule has 0 saturated carbocycles. The van der Waals surface area contributed by atoms with Gasteiger partial charge in [-0.15, -0.1) is 0 Å². The van der Waals surface area contributed by atoms with Gasteiger partial charge in [0.2, 0.25) is 0 Å². The number of nitrogens with zero attached hydrogens (tertiary/aromatic N) is 1. The zero-order valence-corrected chi connectivity index (χ0v) is 11.5. The first-order valence-corrected chi connectivity index (χ1v) is 7.04. The maximum atomic E-state index is 3.47. The number of hydrogen-bond donors (Lipinski definition) is 0. The molecule has 0 unspecified atom stereocenters. The van der Waals surface area contributed by atoms with E-state index in [1.54, 1.807) is 0 Å². The van der Waals surface area contributed by atoms with Crippen LogP contribution in [0, 0.1) is 5.92 Å². The van der Waals surface area contributed by atoms with E-state index >= 15 is 0 Å². The van der Waals surface area contributed by atoms with Gasteiger partial charge < -0.3 is 0 Å². The van der Waals surface area contributed by atoms with Gasteiger partial charge in [0, 0.05) is 11.0 Å². The fourth-order valence-corrected chi connectivity index (χ4v) is 2.67. The van der Waals surface area contributed by atoms with E-state index in [1.807, 2.05) is 0 Å². The molecule has 0 aliphatic carbocycles. The Hall–Kier alpha value is -0.340. The van der Waals surface area contributed by atoms with Crippen LogP contribution in [-0.4, -0.2) is 18.0 Å². The summed E-state index contributed by atoms with van der Waals surface area (Å²) in [5.41, 5.74) is 1.43. The molecule has 2 heteroatoms. The second-order valence-electron chi connectivity index (χ2n) is 4.75. The van der Waals surface area contributed by atoms with Gasteiger partial charge >= 0.3 is 0 Å². The minimum Gasteiger partial charge on any atom is -0.299 e. The molecule has 1 saturated heterocycles. The average Bonchev–Trinajstić information content (AvgIpc) is 2.33. The van der Waals surface area contributed by atoms with E-state index in [4.69, 9.17) is 0 Å². The van der Waals surface area contributed by atoms with E-state index in [-0.39, 0.29) is 0 Å². The van der Waals surface area contributed by atoms with Gasteiger partial charge in [-0.25, -0.2) is 0 Å². The summed E-state index contributed by atoms with van der Waals surface area (Å²) in [6.07, 6.45) is 4.12. The van der Waals surface area contributed by atoms with Gasteiger partial charge in [0.05, 0.1) is 0 Å². The minimum absolute atomic E-state index is 0.973. The van der Waals surface area contributed by atoms with Crippen molar-refractivity contribution in [1.82, 2.24) is 4.90 Å². The van der Waals surface area contributed by atoms with Crippen molar-refractivity contribution in [2.45, 2.75) is 32.7 Å². The van der Waals surface area contributed by atoms with Crippen molar-refractivity contribution in [2.24, 2.45) is 5.92 Å². The molecule has 0 N–H and O–H groups in total. The summed E-state index contributed by atoms with van der Waals surface area (Å²) in [4.78, 5) is 2.58. The topological polar surface area (TPSA) is 3.24 Å². The third-order valence-corrected chi connectivity index (χ3v) is 4.13. The molecule has 16 heavy (non-hydrogen) atoms. The molecular weight excluding hydrogens is 262 g/mol. The van der Waals surface area contributed by atoms with Crippen molar-refractivity contribution < 1.29 is 0 Å². The fraction of sp³-hybridized carbons (Fsp3) is 0.571. The molecule has 1 aromatic rings. The first kappa shape index (κ1) is 12.1. The highest BCUT2D eigenvalue weighted by Crippen LogP contribution is 2.21. The molecular formula is C14H20BrN. The summed E-state index contributed by atoms with van der Waals surface area (Å²) >= 11 is 3.47. The molecule has 1 aromatic carbocycles. The Morgan fingerprint density at radius 2 is 1.81 bits per heavy atom. The van der Waals surface area contributed by atoms with Crippen molar-refractivity contribution in [3.05, 3.63) is 34.3 Å². The third kappa shape index (κ3) is 3.33. The van der Waals surface area contributed by atoms with Crippen LogP contribution in [0.5, 0.6) is 0 Å². The minimum atomic E-state index is 0.973. The lowest BCUT2D eigenvalue weighted by Crippen LogP contribution is -2.32. The van der Waals surface area contributed by atoms with Crippen LogP contribution in [0.15, 0.2) is 28.7 Å². The number of hydrogen-bond acceptors (Lipinski definition) is 1. The Morgan fingerprint density at radius 3 is 2.38 bits per heavy atom. The molecule has 88 valence electrons. The Bertz CT molecular complexity index is 312. The van der Waals surface area contributed by atoms with Crippen LogP contribution in [-0.2, 0) is 6.54 Å². The van der Waals surface area contributed by atoms with Crippen LogP contribution in [0.1, 0.15) is 31.7 Å².